The molecule has 0 saturated carbocycles. The van der Waals surface area contributed by atoms with Crippen molar-refractivity contribution in [2.75, 3.05) is 13.2 Å². The Hall–Kier alpha value is -0.0800. The summed E-state index contributed by atoms with van der Waals surface area (Å²) < 4.78 is 11.2. The SMILES string of the molecule is C1CCC(C2CCCO2)OC1. The summed E-state index contributed by atoms with van der Waals surface area (Å²) in [5.41, 5.74) is 0. The maximum Gasteiger partial charge on any atom is 0.0837 e. The zero-order chi connectivity index (χ0) is 7.52. The van der Waals surface area contributed by atoms with Crippen molar-refractivity contribution in [1.82, 2.24) is 0 Å². The minimum atomic E-state index is 0.422. The first-order chi connectivity index (χ1) is 5.47. The van der Waals surface area contributed by atoms with E-state index >= 15 is 0 Å². The van der Waals surface area contributed by atoms with Crippen LogP contribution < -0.4 is 0 Å². The predicted molar refractivity (Wildman–Crippen MR) is 42.6 cm³/mol. The third kappa shape index (κ3) is 1.74. The summed E-state index contributed by atoms with van der Waals surface area (Å²) >= 11 is 0. The summed E-state index contributed by atoms with van der Waals surface area (Å²) in [5.74, 6) is 0. The van der Waals surface area contributed by atoms with Crippen molar-refractivity contribution in [3.05, 3.63) is 0 Å². The summed E-state index contributed by atoms with van der Waals surface area (Å²) in [6.07, 6.45) is 7.06. The Morgan fingerprint density at radius 3 is 1.82 bits per heavy atom. The monoisotopic (exact) mass is 156 g/mol. The van der Waals surface area contributed by atoms with Crippen molar-refractivity contribution < 1.29 is 9.47 Å². The van der Waals surface area contributed by atoms with Crippen LogP contribution in [0.5, 0.6) is 0 Å². The van der Waals surface area contributed by atoms with Gasteiger partial charge in [-0.3, -0.25) is 0 Å². The van der Waals surface area contributed by atoms with E-state index < -0.39 is 0 Å². The molecule has 2 saturated heterocycles. The van der Waals surface area contributed by atoms with Gasteiger partial charge < -0.3 is 9.47 Å². The van der Waals surface area contributed by atoms with Crippen LogP contribution in [0.2, 0.25) is 0 Å². The minimum Gasteiger partial charge on any atom is -0.376 e. The quantitative estimate of drug-likeness (QED) is 0.575. The van der Waals surface area contributed by atoms with E-state index in [0.717, 1.165) is 13.2 Å². The van der Waals surface area contributed by atoms with Gasteiger partial charge in [-0.2, -0.15) is 0 Å². The molecule has 2 aliphatic rings. The van der Waals surface area contributed by atoms with Crippen LogP contribution in [0.15, 0.2) is 0 Å². The average molecular weight is 156 g/mol. The van der Waals surface area contributed by atoms with Crippen LogP contribution in [-0.4, -0.2) is 25.4 Å². The van der Waals surface area contributed by atoms with E-state index in [1.54, 1.807) is 0 Å². The minimum absolute atomic E-state index is 0.422. The molecule has 0 aromatic heterocycles. The number of hydrogen-bond acceptors (Lipinski definition) is 2. The summed E-state index contributed by atoms with van der Waals surface area (Å²) in [4.78, 5) is 0. The molecule has 11 heavy (non-hydrogen) atoms. The Morgan fingerprint density at radius 2 is 1.36 bits per heavy atom. The van der Waals surface area contributed by atoms with E-state index in [9.17, 15) is 0 Å². The summed E-state index contributed by atoms with van der Waals surface area (Å²) in [6, 6.07) is 0. The fourth-order valence-corrected chi connectivity index (χ4v) is 1.95. The van der Waals surface area contributed by atoms with Crippen molar-refractivity contribution in [3.8, 4) is 0 Å². The largest absolute Gasteiger partial charge is 0.376 e. The topological polar surface area (TPSA) is 18.5 Å². The molecule has 2 unspecified atom stereocenters. The van der Waals surface area contributed by atoms with E-state index in [2.05, 4.69) is 0 Å². The molecule has 0 amide bonds. The van der Waals surface area contributed by atoms with Crippen LogP contribution in [0, 0.1) is 0 Å². The highest BCUT2D eigenvalue weighted by Gasteiger charge is 2.27. The Bertz CT molecular complexity index is 113. The molecule has 2 heterocycles. The first-order valence-electron chi connectivity index (χ1n) is 4.70. The molecule has 2 fully saturated rings. The van der Waals surface area contributed by atoms with E-state index in [4.69, 9.17) is 9.47 Å². The van der Waals surface area contributed by atoms with Crippen molar-refractivity contribution in [2.24, 2.45) is 0 Å². The lowest BCUT2D eigenvalue weighted by Gasteiger charge is -2.26. The van der Waals surface area contributed by atoms with Gasteiger partial charge in [0.25, 0.3) is 0 Å². The molecule has 0 spiro atoms. The van der Waals surface area contributed by atoms with Crippen LogP contribution in [0.4, 0.5) is 0 Å². The maximum absolute atomic E-state index is 5.64. The molecule has 2 atom stereocenters. The molecule has 0 aliphatic carbocycles. The van der Waals surface area contributed by atoms with Gasteiger partial charge in [0.1, 0.15) is 0 Å². The zero-order valence-electron chi connectivity index (χ0n) is 6.92. The molecule has 0 N–H and O–H groups in total. The number of rotatable bonds is 1. The first-order valence-corrected chi connectivity index (χ1v) is 4.70. The van der Waals surface area contributed by atoms with E-state index in [1.807, 2.05) is 0 Å². The van der Waals surface area contributed by atoms with Crippen LogP contribution in [0.1, 0.15) is 32.1 Å². The van der Waals surface area contributed by atoms with E-state index in [-0.39, 0.29) is 0 Å². The van der Waals surface area contributed by atoms with Gasteiger partial charge in [-0.1, -0.05) is 0 Å². The summed E-state index contributed by atoms with van der Waals surface area (Å²) in [6.45, 7) is 1.90. The lowest BCUT2D eigenvalue weighted by molar-refractivity contribution is -0.0701. The molecule has 0 aromatic rings. The molecule has 2 aliphatic heterocycles. The molecule has 64 valence electrons. The second-order valence-corrected chi connectivity index (χ2v) is 3.46. The number of hydrogen-bond donors (Lipinski definition) is 0. The Labute approximate surface area is 67.9 Å². The highest BCUT2D eigenvalue weighted by atomic mass is 16.5. The second-order valence-electron chi connectivity index (χ2n) is 3.46. The van der Waals surface area contributed by atoms with Gasteiger partial charge in [0, 0.05) is 13.2 Å². The smallest absolute Gasteiger partial charge is 0.0837 e. The van der Waals surface area contributed by atoms with Gasteiger partial charge in [0.2, 0.25) is 0 Å². The highest BCUT2D eigenvalue weighted by molar-refractivity contribution is 4.77. The molecule has 0 aromatic carbocycles. The standard InChI is InChI=1S/C9H16O2/c1-2-6-10-8(4-1)9-5-3-7-11-9/h8-9H,1-7H2. The molecule has 2 nitrogen and oxygen atoms in total. The normalized spacial score (nSPS) is 39.3. The zero-order valence-corrected chi connectivity index (χ0v) is 6.92. The van der Waals surface area contributed by atoms with Crippen molar-refractivity contribution in [1.29, 1.82) is 0 Å². The first kappa shape index (κ1) is 7.56. The van der Waals surface area contributed by atoms with Crippen LogP contribution in [0.3, 0.4) is 0 Å². The third-order valence-electron chi connectivity index (χ3n) is 2.59. The molecule has 2 rings (SSSR count). The Balaban J connectivity index is 1.82. The molecule has 0 bridgehead atoms. The fourth-order valence-electron chi connectivity index (χ4n) is 1.95. The van der Waals surface area contributed by atoms with Crippen molar-refractivity contribution in [2.45, 2.75) is 44.3 Å². The Kier molecular flexibility index (Phi) is 2.44. The second kappa shape index (κ2) is 3.55. The van der Waals surface area contributed by atoms with Crippen LogP contribution in [0.25, 0.3) is 0 Å². The molecule has 2 heteroatoms. The molecular formula is C9H16O2. The third-order valence-corrected chi connectivity index (χ3v) is 2.59. The van der Waals surface area contributed by atoms with Gasteiger partial charge in [-0.25, -0.2) is 0 Å². The van der Waals surface area contributed by atoms with Gasteiger partial charge in [0.15, 0.2) is 0 Å². The summed E-state index contributed by atoms with van der Waals surface area (Å²) in [7, 11) is 0. The average Bonchev–Trinajstić information content (AvgIpc) is 2.58. The number of ether oxygens (including phenoxy) is 2. The highest BCUT2D eigenvalue weighted by Crippen LogP contribution is 2.24. The predicted octanol–water partition coefficient (Wildman–Crippen LogP) is 1.73. The maximum atomic E-state index is 5.64. The van der Waals surface area contributed by atoms with Crippen LogP contribution in [-0.2, 0) is 9.47 Å². The Morgan fingerprint density at radius 1 is 0.727 bits per heavy atom. The van der Waals surface area contributed by atoms with Gasteiger partial charge in [0.05, 0.1) is 12.2 Å². The van der Waals surface area contributed by atoms with Crippen molar-refractivity contribution in [3.63, 3.8) is 0 Å². The van der Waals surface area contributed by atoms with Crippen LogP contribution >= 0.6 is 0 Å². The molecule has 0 radical (unpaired) electrons. The van der Waals surface area contributed by atoms with E-state index in [1.165, 1.54) is 32.1 Å². The van der Waals surface area contributed by atoms with Gasteiger partial charge >= 0.3 is 0 Å². The van der Waals surface area contributed by atoms with Gasteiger partial charge in [-0.15, -0.1) is 0 Å². The van der Waals surface area contributed by atoms with Gasteiger partial charge in [-0.05, 0) is 32.1 Å². The summed E-state index contributed by atoms with van der Waals surface area (Å²) in [5, 5.41) is 0. The lowest BCUT2D eigenvalue weighted by Crippen LogP contribution is -2.31. The fraction of sp³-hybridized carbons (Fsp3) is 1.00. The van der Waals surface area contributed by atoms with Crippen molar-refractivity contribution >= 4 is 0 Å². The lowest BCUT2D eigenvalue weighted by atomic mass is 10.0. The van der Waals surface area contributed by atoms with E-state index in [0.29, 0.717) is 12.2 Å². The molecular weight excluding hydrogens is 140 g/mol.